The molecule has 8 heteroatoms. The van der Waals surface area contributed by atoms with Crippen molar-refractivity contribution in [2.24, 2.45) is 0 Å². The molecule has 1 aliphatic rings. The summed E-state index contributed by atoms with van der Waals surface area (Å²) >= 11 is 0. The van der Waals surface area contributed by atoms with Gasteiger partial charge in [-0.3, -0.25) is 4.31 Å². The molecule has 2 aromatic carbocycles. The Balaban J connectivity index is 1.75. The molecule has 146 valence electrons. The lowest BCUT2D eigenvalue weighted by Crippen LogP contribution is -2.35. The van der Waals surface area contributed by atoms with Crippen LogP contribution in [0.15, 0.2) is 65.8 Å². The van der Waals surface area contributed by atoms with Crippen molar-refractivity contribution in [3.8, 4) is 11.4 Å². The number of rotatable bonds is 4. The quantitative estimate of drug-likeness (QED) is 0.676. The van der Waals surface area contributed by atoms with Crippen molar-refractivity contribution in [2.75, 3.05) is 31.6 Å². The lowest BCUT2D eigenvalue weighted by molar-refractivity contribution is 0.344. The molecule has 28 heavy (non-hydrogen) atoms. The van der Waals surface area contributed by atoms with Crippen molar-refractivity contribution in [1.29, 1.82) is 0 Å². The van der Waals surface area contributed by atoms with Crippen molar-refractivity contribution in [1.82, 2.24) is 14.7 Å². The molecule has 4 rings (SSSR count). The molecule has 0 amide bonds. The van der Waals surface area contributed by atoms with Crippen molar-refractivity contribution in [3.05, 3.63) is 66.5 Å². The van der Waals surface area contributed by atoms with Crippen molar-refractivity contribution >= 4 is 15.7 Å². The Bertz CT molecular complexity index is 1090. The average molecular weight is 398 g/mol. The first-order valence-corrected chi connectivity index (χ1v) is 10.4. The number of fused-ring (bicyclic) bond motifs is 1. The predicted molar refractivity (Wildman–Crippen MR) is 107 cm³/mol. The van der Waals surface area contributed by atoms with Crippen LogP contribution >= 0.6 is 0 Å². The Kier molecular flexibility index (Phi) is 4.82. The van der Waals surface area contributed by atoms with Crippen LogP contribution in [-0.2, 0) is 16.6 Å². The fourth-order valence-electron chi connectivity index (χ4n) is 3.41. The van der Waals surface area contributed by atoms with Crippen LogP contribution in [0.5, 0.6) is 5.75 Å². The minimum absolute atomic E-state index is 0.151. The summed E-state index contributed by atoms with van der Waals surface area (Å²) in [7, 11) is -0.180. The lowest BCUT2D eigenvalue weighted by atomic mass is 10.2. The van der Waals surface area contributed by atoms with E-state index in [1.54, 1.807) is 7.11 Å². The second-order valence-electron chi connectivity index (χ2n) is 6.74. The molecule has 1 aliphatic heterocycles. The van der Waals surface area contributed by atoms with E-state index < -0.39 is 10.0 Å². The minimum atomic E-state index is -3.75. The molecular formula is C20H22N4O3S. The predicted octanol–water partition coefficient (Wildman–Crippen LogP) is 2.52. The monoisotopic (exact) mass is 398 g/mol. The van der Waals surface area contributed by atoms with E-state index >= 15 is 0 Å². The van der Waals surface area contributed by atoms with Gasteiger partial charge in [0.25, 0.3) is 10.0 Å². The molecule has 2 heterocycles. The largest absolute Gasteiger partial charge is 0.494 e. The molecule has 7 nitrogen and oxygen atoms in total. The third kappa shape index (κ3) is 3.25. The van der Waals surface area contributed by atoms with E-state index in [-0.39, 0.29) is 4.90 Å². The molecule has 0 aliphatic carbocycles. The van der Waals surface area contributed by atoms with Gasteiger partial charge in [-0.25, -0.2) is 13.1 Å². The molecule has 0 saturated carbocycles. The number of para-hydroxylation sites is 3. The van der Waals surface area contributed by atoms with Gasteiger partial charge in [0.05, 0.1) is 25.2 Å². The van der Waals surface area contributed by atoms with E-state index in [0.29, 0.717) is 31.1 Å². The van der Waals surface area contributed by atoms with Gasteiger partial charge in [0.2, 0.25) is 0 Å². The molecular weight excluding hydrogens is 376 g/mol. The second kappa shape index (κ2) is 7.29. The van der Waals surface area contributed by atoms with Gasteiger partial charge >= 0.3 is 0 Å². The molecule has 0 saturated heterocycles. The third-order valence-corrected chi connectivity index (χ3v) is 6.63. The van der Waals surface area contributed by atoms with Gasteiger partial charge in [-0.2, -0.15) is 5.10 Å². The van der Waals surface area contributed by atoms with E-state index in [2.05, 4.69) is 10.00 Å². The average Bonchev–Trinajstić information content (AvgIpc) is 3.13. The Morgan fingerprint density at radius 2 is 1.71 bits per heavy atom. The van der Waals surface area contributed by atoms with Gasteiger partial charge in [-0.1, -0.05) is 30.3 Å². The van der Waals surface area contributed by atoms with Crippen LogP contribution in [0.4, 0.5) is 5.69 Å². The zero-order chi connectivity index (χ0) is 19.7. The van der Waals surface area contributed by atoms with E-state index in [1.165, 1.54) is 21.4 Å². The minimum Gasteiger partial charge on any atom is -0.494 e. The second-order valence-corrected chi connectivity index (χ2v) is 8.60. The van der Waals surface area contributed by atoms with Crippen molar-refractivity contribution in [3.63, 3.8) is 0 Å². The zero-order valence-corrected chi connectivity index (χ0v) is 16.6. The Morgan fingerprint density at radius 3 is 2.50 bits per heavy atom. The maximum absolute atomic E-state index is 13.4. The highest BCUT2D eigenvalue weighted by atomic mass is 32.2. The van der Waals surface area contributed by atoms with Gasteiger partial charge in [-0.05, 0) is 30.8 Å². The highest BCUT2D eigenvalue weighted by Crippen LogP contribution is 2.30. The Morgan fingerprint density at radius 1 is 1.00 bits per heavy atom. The first-order chi connectivity index (χ1) is 13.5. The van der Waals surface area contributed by atoms with Crippen molar-refractivity contribution < 1.29 is 13.2 Å². The number of hydrogen-bond acceptors (Lipinski definition) is 5. The van der Waals surface area contributed by atoms with Gasteiger partial charge in [-0.15, -0.1) is 0 Å². The summed E-state index contributed by atoms with van der Waals surface area (Å²) < 4.78 is 35.2. The van der Waals surface area contributed by atoms with E-state index in [9.17, 15) is 8.42 Å². The molecule has 0 atom stereocenters. The van der Waals surface area contributed by atoms with Crippen LogP contribution in [-0.4, -0.2) is 50.3 Å². The summed E-state index contributed by atoms with van der Waals surface area (Å²) in [6.07, 6.45) is 2.92. The molecule has 0 radical (unpaired) electrons. The number of hydrogen-bond donors (Lipinski definition) is 0. The van der Waals surface area contributed by atoms with Crippen molar-refractivity contribution in [2.45, 2.75) is 11.4 Å². The molecule has 0 fully saturated rings. The summed E-state index contributed by atoms with van der Waals surface area (Å²) in [6.45, 7) is 1.74. The SMILES string of the molecule is COc1ccccc1-n1cc(S(=O)(=O)N2CCN(C)Cc3ccccc32)cn1. The zero-order valence-electron chi connectivity index (χ0n) is 15.8. The summed E-state index contributed by atoms with van der Waals surface area (Å²) in [5.74, 6) is 0.622. The van der Waals surface area contributed by atoms with E-state index in [0.717, 1.165) is 11.3 Å². The first-order valence-electron chi connectivity index (χ1n) is 8.98. The van der Waals surface area contributed by atoms with E-state index in [4.69, 9.17) is 4.74 Å². The molecule has 0 unspecified atom stereocenters. The summed E-state index contributed by atoms with van der Waals surface area (Å²) in [6, 6.07) is 15.0. The number of nitrogens with zero attached hydrogens (tertiary/aromatic N) is 4. The van der Waals surface area contributed by atoms with E-state index in [1.807, 2.05) is 55.6 Å². The van der Waals surface area contributed by atoms with Gasteiger partial charge in [0, 0.05) is 19.6 Å². The third-order valence-electron chi connectivity index (χ3n) is 4.86. The number of ether oxygens (including phenoxy) is 1. The number of sulfonamides is 1. The maximum Gasteiger partial charge on any atom is 0.267 e. The number of likely N-dealkylation sites (N-methyl/N-ethyl adjacent to an activating group) is 1. The topological polar surface area (TPSA) is 67.7 Å². The smallest absolute Gasteiger partial charge is 0.267 e. The number of anilines is 1. The standard InChI is InChI=1S/C20H22N4O3S/c1-22-11-12-24(18-8-4-3-7-16(18)14-22)28(25,26)17-13-21-23(15-17)19-9-5-6-10-20(19)27-2/h3-10,13,15H,11-12,14H2,1-2H3. The summed E-state index contributed by atoms with van der Waals surface area (Å²) in [5.41, 5.74) is 2.39. The molecule has 1 aromatic heterocycles. The Labute approximate surface area is 164 Å². The fraction of sp³-hybridized carbons (Fsp3) is 0.250. The Hall–Kier alpha value is -2.84. The van der Waals surface area contributed by atoms with Crippen LogP contribution < -0.4 is 9.04 Å². The first kappa shape index (κ1) is 18.5. The van der Waals surface area contributed by atoms with Gasteiger partial charge < -0.3 is 9.64 Å². The van der Waals surface area contributed by atoms with Gasteiger partial charge in [0.1, 0.15) is 16.3 Å². The molecule has 0 spiro atoms. The van der Waals surface area contributed by atoms with Gasteiger partial charge in [0.15, 0.2) is 0 Å². The highest BCUT2D eigenvalue weighted by Gasteiger charge is 2.30. The van der Waals surface area contributed by atoms with Crippen LogP contribution in [0.1, 0.15) is 5.56 Å². The number of methoxy groups -OCH3 is 1. The maximum atomic E-state index is 13.4. The normalized spacial score (nSPS) is 15.1. The van der Waals surface area contributed by atoms with Crippen LogP contribution in [0.25, 0.3) is 5.69 Å². The van der Waals surface area contributed by atoms with Crippen LogP contribution in [0.3, 0.4) is 0 Å². The van der Waals surface area contributed by atoms with Crippen LogP contribution in [0.2, 0.25) is 0 Å². The fourth-order valence-corrected chi connectivity index (χ4v) is 4.83. The number of benzene rings is 2. The lowest BCUT2D eigenvalue weighted by Gasteiger charge is -2.23. The molecule has 0 bridgehead atoms. The molecule has 0 N–H and O–H groups in total. The summed E-state index contributed by atoms with van der Waals surface area (Å²) in [5, 5.41) is 4.27. The summed E-state index contributed by atoms with van der Waals surface area (Å²) in [4.78, 5) is 2.27. The van der Waals surface area contributed by atoms with Crippen LogP contribution in [0, 0.1) is 0 Å². The highest BCUT2D eigenvalue weighted by molar-refractivity contribution is 7.92. The number of aromatic nitrogens is 2. The molecule has 3 aromatic rings.